The molecule has 12 heteroatoms. The smallest absolute Gasteiger partial charge is 0.335 e. The highest BCUT2D eigenvalue weighted by atomic mass is 28.5. The van der Waals surface area contributed by atoms with Crippen molar-refractivity contribution in [1.82, 2.24) is 9.55 Å². The van der Waals surface area contributed by atoms with E-state index in [4.69, 9.17) is 17.7 Å². The SMILES string of the molecule is CC(C)[Si]1(C(C)C)OCC2OC(n3ccc(=O)nc3NC(=O)c3ccccc3)C(O)C2O[Si](C(C)C)(C(C)C)O1. The number of rotatable bonds is 7. The third-order valence-electron chi connectivity index (χ3n) is 8.01. The number of amides is 1. The number of carbonyl (C=O) groups is 1. The Kier molecular flexibility index (Phi) is 9.20. The maximum absolute atomic E-state index is 12.9. The van der Waals surface area contributed by atoms with Crippen LogP contribution >= 0.6 is 0 Å². The molecule has 2 aliphatic heterocycles. The van der Waals surface area contributed by atoms with Crippen LogP contribution in [0.3, 0.4) is 0 Å². The van der Waals surface area contributed by atoms with E-state index >= 15 is 0 Å². The third-order valence-corrected chi connectivity index (χ3v) is 18.3. The number of carbonyl (C=O) groups excluding carboxylic acids is 1. The number of hydrogen-bond donors (Lipinski definition) is 2. The number of anilines is 1. The van der Waals surface area contributed by atoms with Gasteiger partial charge in [-0.25, -0.2) is 0 Å². The molecule has 0 saturated carbocycles. The fraction of sp³-hybridized carbons (Fsp3) is 0.607. The number of nitrogens with one attached hydrogen (secondary N) is 1. The third kappa shape index (κ3) is 5.63. The van der Waals surface area contributed by atoms with Crippen LogP contribution in [0.1, 0.15) is 72.0 Å². The van der Waals surface area contributed by atoms with Gasteiger partial charge in [0.2, 0.25) is 5.95 Å². The van der Waals surface area contributed by atoms with Crippen LogP contribution in [-0.2, 0) is 17.7 Å². The average molecular weight is 590 g/mol. The van der Waals surface area contributed by atoms with Crippen molar-refractivity contribution >= 4 is 29.0 Å². The predicted molar refractivity (Wildman–Crippen MR) is 157 cm³/mol. The summed E-state index contributed by atoms with van der Waals surface area (Å²) in [5.41, 5.74) is 0.385. The molecule has 0 radical (unpaired) electrons. The standard InChI is InChI=1S/C28H43N3O7Si2/c1-17(2)39(18(3)4)35-16-22-25(37-40(38-39,19(5)6)20(7)8)24(33)27(36-22)31-15-14-23(32)29-28(31)30-26(34)21-12-10-9-11-13-21/h9-15,17-20,22,24-25,27,33H,16H2,1-8H3,(H,29,30,32,34). The first-order valence-corrected chi connectivity index (χ1v) is 18.1. The lowest BCUT2D eigenvalue weighted by Gasteiger charge is -2.51. The molecule has 40 heavy (non-hydrogen) atoms. The molecule has 1 amide bonds. The van der Waals surface area contributed by atoms with Gasteiger partial charge in [-0.1, -0.05) is 73.6 Å². The number of fused-ring (bicyclic) bond motifs is 1. The summed E-state index contributed by atoms with van der Waals surface area (Å²) in [5.74, 6) is -0.462. The Morgan fingerprint density at radius 1 is 0.975 bits per heavy atom. The van der Waals surface area contributed by atoms with Crippen molar-refractivity contribution in [2.75, 3.05) is 11.9 Å². The van der Waals surface area contributed by atoms with Crippen LogP contribution in [0.15, 0.2) is 47.4 Å². The summed E-state index contributed by atoms with van der Waals surface area (Å²) in [5, 5.41) is 14.4. The molecule has 2 N–H and O–H groups in total. The van der Waals surface area contributed by atoms with E-state index in [9.17, 15) is 14.7 Å². The summed E-state index contributed by atoms with van der Waals surface area (Å²) in [7, 11) is -5.76. The second-order valence-corrected chi connectivity index (χ2v) is 20.8. The molecule has 0 spiro atoms. The minimum Gasteiger partial charge on any atom is -0.414 e. The second-order valence-electron chi connectivity index (χ2n) is 11.9. The summed E-state index contributed by atoms with van der Waals surface area (Å²) in [6.45, 7) is 17.2. The molecule has 2 saturated heterocycles. The molecule has 3 heterocycles. The van der Waals surface area contributed by atoms with E-state index in [1.165, 1.54) is 16.8 Å². The molecule has 4 rings (SSSR count). The van der Waals surface area contributed by atoms with Crippen molar-refractivity contribution in [2.45, 2.75) is 102 Å². The van der Waals surface area contributed by atoms with Gasteiger partial charge in [0.05, 0.1) is 6.61 Å². The molecular weight excluding hydrogens is 546 g/mol. The zero-order valence-corrected chi connectivity index (χ0v) is 26.7. The summed E-state index contributed by atoms with van der Waals surface area (Å²) >= 11 is 0. The Hall–Kier alpha value is -2.20. The lowest BCUT2D eigenvalue weighted by molar-refractivity contribution is -0.0580. The van der Waals surface area contributed by atoms with Crippen molar-refractivity contribution in [1.29, 1.82) is 0 Å². The fourth-order valence-electron chi connectivity index (χ4n) is 5.84. The van der Waals surface area contributed by atoms with Gasteiger partial charge in [0, 0.05) is 17.8 Å². The zero-order chi connectivity index (χ0) is 29.4. The summed E-state index contributed by atoms with van der Waals surface area (Å²) in [6, 6.07) is 9.90. The normalized spacial score (nSPS) is 26.1. The molecule has 0 bridgehead atoms. The molecule has 2 aromatic rings. The second kappa shape index (κ2) is 12.0. The fourth-order valence-corrected chi connectivity index (χ4v) is 17.1. The molecule has 10 nitrogen and oxygen atoms in total. The highest BCUT2D eigenvalue weighted by molar-refractivity contribution is 6.84. The quantitative estimate of drug-likeness (QED) is 0.446. The monoisotopic (exact) mass is 589 g/mol. The van der Waals surface area contributed by atoms with Crippen LogP contribution in [0.25, 0.3) is 0 Å². The average Bonchev–Trinajstić information content (AvgIpc) is 3.18. The Labute approximate surface area is 238 Å². The number of ether oxygens (including phenoxy) is 1. The van der Waals surface area contributed by atoms with E-state index < -0.39 is 53.1 Å². The van der Waals surface area contributed by atoms with Gasteiger partial charge >= 0.3 is 17.1 Å². The predicted octanol–water partition coefficient (Wildman–Crippen LogP) is 4.71. The first-order valence-electron chi connectivity index (χ1n) is 14.1. The van der Waals surface area contributed by atoms with Gasteiger partial charge in [0.25, 0.3) is 11.5 Å². The van der Waals surface area contributed by atoms with E-state index in [1.54, 1.807) is 24.3 Å². The van der Waals surface area contributed by atoms with Crippen LogP contribution < -0.4 is 10.9 Å². The number of hydrogen-bond acceptors (Lipinski definition) is 8. The molecular formula is C28H43N3O7Si2. The van der Waals surface area contributed by atoms with Crippen molar-refractivity contribution < 1.29 is 27.6 Å². The van der Waals surface area contributed by atoms with Gasteiger partial charge in [0.15, 0.2) is 6.23 Å². The zero-order valence-electron chi connectivity index (χ0n) is 24.7. The van der Waals surface area contributed by atoms with E-state index in [2.05, 4.69) is 65.7 Å². The van der Waals surface area contributed by atoms with E-state index in [-0.39, 0.29) is 34.7 Å². The summed E-state index contributed by atoms with van der Waals surface area (Å²) < 4.78 is 28.8. The summed E-state index contributed by atoms with van der Waals surface area (Å²) in [6.07, 6.45) is -1.96. The number of nitrogens with zero attached hydrogens (tertiary/aromatic N) is 2. The first-order chi connectivity index (χ1) is 18.8. The van der Waals surface area contributed by atoms with Gasteiger partial charge in [-0.3, -0.25) is 19.5 Å². The molecule has 4 atom stereocenters. The van der Waals surface area contributed by atoms with Crippen molar-refractivity contribution in [3.05, 3.63) is 58.5 Å². The molecule has 2 fully saturated rings. The van der Waals surface area contributed by atoms with Crippen LogP contribution in [0, 0.1) is 0 Å². The van der Waals surface area contributed by atoms with Gasteiger partial charge in [0.1, 0.15) is 18.3 Å². The number of aliphatic hydroxyl groups excluding tert-OH is 1. The molecule has 4 unspecified atom stereocenters. The summed E-state index contributed by atoms with van der Waals surface area (Å²) in [4.78, 5) is 29.2. The maximum atomic E-state index is 12.9. The van der Waals surface area contributed by atoms with E-state index in [0.29, 0.717) is 5.56 Å². The van der Waals surface area contributed by atoms with Crippen molar-refractivity contribution in [2.24, 2.45) is 0 Å². The highest BCUT2D eigenvalue weighted by Gasteiger charge is 2.61. The van der Waals surface area contributed by atoms with Gasteiger partial charge < -0.3 is 22.8 Å². The van der Waals surface area contributed by atoms with Crippen LogP contribution in [-0.4, -0.2) is 62.6 Å². The van der Waals surface area contributed by atoms with Crippen molar-refractivity contribution in [3.8, 4) is 0 Å². The molecule has 0 aliphatic carbocycles. The minimum absolute atomic E-state index is 0.0267. The number of aliphatic hydroxyl groups is 1. The first kappa shape index (κ1) is 30.8. The molecule has 1 aromatic carbocycles. The van der Waals surface area contributed by atoms with Gasteiger partial charge in [-0.15, -0.1) is 0 Å². The largest absolute Gasteiger partial charge is 0.414 e. The topological polar surface area (TPSA) is 121 Å². The molecule has 220 valence electrons. The molecule has 2 aliphatic rings. The van der Waals surface area contributed by atoms with Crippen LogP contribution in [0.5, 0.6) is 0 Å². The number of aromatic nitrogens is 2. The highest BCUT2D eigenvalue weighted by Crippen LogP contribution is 2.48. The van der Waals surface area contributed by atoms with E-state index in [0.717, 1.165) is 0 Å². The van der Waals surface area contributed by atoms with Crippen LogP contribution in [0.4, 0.5) is 5.95 Å². The number of benzene rings is 1. The lowest BCUT2D eigenvalue weighted by atomic mass is 10.1. The van der Waals surface area contributed by atoms with Crippen LogP contribution in [0.2, 0.25) is 22.2 Å². The Morgan fingerprint density at radius 3 is 2.15 bits per heavy atom. The maximum Gasteiger partial charge on any atom is 0.335 e. The van der Waals surface area contributed by atoms with Gasteiger partial charge in [-0.05, 0) is 34.3 Å². The Morgan fingerprint density at radius 2 is 1.57 bits per heavy atom. The lowest BCUT2D eigenvalue weighted by Crippen LogP contribution is -2.65. The van der Waals surface area contributed by atoms with Crippen molar-refractivity contribution in [3.63, 3.8) is 0 Å². The molecule has 1 aromatic heterocycles. The minimum atomic E-state index is -2.98. The Bertz CT molecular complexity index is 1220. The van der Waals surface area contributed by atoms with E-state index in [1.807, 2.05) is 6.07 Å². The van der Waals surface area contributed by atoms with Gasteiger partial charge in [-0.2, -0.15) is 4.98 Å². The Balaban J connectivity index is 1.73.